The summed E-state index contributed by atoms with van der Waals surface area (Å²) in [5.74, 6) is -1.89. The second kappa shape index (κ2) is 4.96. The molecule has 0 amide bonds. The van der Waals surface area contributed by atoms with Crippen molar-refractivity contribution in [3.8, 4) is 11.8 Å². The van der Waals surface area contributed by atoms with Gasteiger partial charge in [-0.15, -0.1) is 0 Å². The van der Waals surface area contributed by atoms with Crippen LogP contribution >= 0.6 is 0 Å². The predicted octanol–water partition coefficient (Wildman–Crippen LogP) is 2.59. The van der Waals surface area contributed by atoms with Crippen molar-refractivity contribution in [2.24, 2.45) is 0 Å². The molecule has 1 rings (SSSR count). The highest BCUT2D eigenvalue weighted by molar-refractivity contribution is 5.91. The molecule has 1 N–H and O–H groups in total. The molecule has 0 spiro atoms. The fourth-order valence-electron chi connectivity index (χ4n) is 1.13. The van der Waals surface area contributed by atoms with Gasteiger partial charge in [-0.3, -0.25) is 0 Å². The molecule has 0 aliphatic carbocycles. The summed E-state index contributed by atoms with van der Waals surface area (Å²) in [6, 6.07) is 4.87. The molecule has 18 heavy (non-hydrogen) atoms. The van der Waals surface area contributed by atoms with Crippen LogP contribution in [0, 0.1) is 11.3 Å². The number of hydrogen-bond acceptors (Lipinski definition) is 3. The Balaban J connectivity index is 3.10. The van der Waals surface area contributed by atoms with Crippen molar-refractivity contribution in [2.75, 3.05) is 0 Å². The lowest BCUT2D eigenvalue weighted by atomic mass is 10.1. The highest BCUT2D eigenvalue weighted by Crippen LogP contribution is 2.27. The van der Waals surface area contributed by atoms with Crippen molar-refractivity contribution in [3.05, 3.63) is 29.3 Å². The minimum absolute atomic E-state index is 0.0272. The Hall–Kier alpha value is -2.23. The van der Waals surface area contributed by atoms with Gasteiger partial charge in [-0.05, 0) is 25.1 Å². The van der Waals surface area contributed by atoms with Crippen molar-refractivity contribution in [1.29, 1.82) is 5.26 Å². The molecule has 0 radical (unpaired) electrons. The zero-order chi connectivity index (χ0) is 13.9. The maximum Gasteiger partial charge on any atom is 0.425 e. The molecule has 0 saturated heterocycles. The van der Waals surface area contributed by atoms with E-state index in [1.807, 2.05) is 0 Å². The molecule has 4 nitrogen and oxygen atoms in total. The van der Waals surface area contributed by atoms with Crippen LogP contribution in [0.25, 0.3) is 0 Å². The molecule has 0 heterocycles. The summed E-state index contributed by atoms with van der Waals surface area (Å²) in [7, 11) is 0. The second-order valence-corrected chi connectivity index (χ2v) is 3.43. The first-order chi connectivity index (χ1) is 8.25. The SMILES string of the molecule is C[C@H](Oc1ccc(C#N)cc1C(=O)O)C(F)(F)F. The lowest BCUT2D eigenvalue weighted by Crippen LogP contribution is -2.31. The van der Waals surface area contributed by atoms with Crippen molar-refractivity contribution >= 4 is 5.97 Å². The van der Waals surface area contributed by atoms with Crippen LogP contribution in [0.3, 0.4) is 0 Å². The Morgan fingerprint density at radius 1 is 1.50 bits per heavy atom. The molecule has 96 valence electrons. The van der Waals surface area contributed by atoms with E-state index in [1.54, 1.807) is 6.07 Å². The number of rotatable bonds is 3. The van der Waals surface area contributed by atoms with E-state index in [1.165, 1.54) is 6.07 Å². The van der Waals surface area contributed by atoms with Gasteiger partial charge in [0.25, 0.3) is 0 Å². The first-order valence-electron chi connectivity index (χ1n) is 4.76. The van der Waals surface area contributed by atoms with Crippen LogP contribution in [0.15, 0.2) is 18.2 Å². The number of carboxylic acids is 1. The number of hydrogen-bond donors (Lipinski definition) is 1. The average molecular weight is 259 g/mol. The second-order valence-electron chi connectivity index (χ2n) is 3.43. The van der Waals surface area contributed by atoms with E-state index in [0.29, 0.717) is 0 Å². The molecule has 7 heteroatoms. The van der Waals surface area contributed by atoms with Crippen LogP contribution in [-0.4, -0.2) is 23.4 Å². The Morgan fingerprint density at radius 3 is 2.56 bits per heavy atom. The minimum atomic E-state index is -4.59. The molecule has 0 saturated carbocycles. The number of carboxylic acid groups (broad SMARTS) is 1. The van der Waals surface area contributed by atoms with Gasteiger partial charge in [0, 0.05) is 0 Å². The molecular formula is C11H8F3NO3. The molecular weight excluding hydrogens is 251 g/mol. The van der Waals surface area contributed by atoms with Crippen molar-refractivity contribution in [1.82, 2.24) is 0 Å². The van der Waals surface area contributed by atoms with Gasteiger partial charge in [-0.2, -0.15) is 18.4 Å². The molecule has 1 aromatic rings. The van der Waals surface area contributed by atoms with Gasteiger partial charge < -0.3 is 9.84 Å². The van der Waals surface area contributed by atoms with E-state index >= 15 is 0 Å². The highest BCUT2D eigenvalue weighted by Gasteiger charge is 2.38. The van der Waals surface area contributed by atoms with Crippen molar-refractivity contribution in [2.45, 2.75) is 19.2 Å². The number of ether oxygens (including phenoxy) is 1. The Kier molecular flexibility index (Phi) is 3.81. The third-order valence-electron chi connectivity index (χ3n) is 2.10. The third kappa shape index (κ3) is 3.13. The number of benzene rings is 1. The summed E-state index contributed by atoms with van der Waals surface area (Å²) in [5, 5.41) is 17.4. The van der Waals surface area contributed by atoms with Gasteiger partial charge >= 0.3 is 12.1 Å². The summed E-state index contributed by atoms with van der Waals surface area (Å²) >= 11 is 0. The number of nitrogens with zero attached hydrogens (tertiary/aromatic N) is 1. The van der Waals surface area contributed by atoms with E-state index in [4.69, 9.17) is 10.4 Å². The minimum Gasteiger partial charge on any atom is -0.480 e. The van der Waals surface area contributed by atoms with Crippen molar-refractivity contribution < 1.29 is 27.8 Å². The van der Waals surface area contributed by atoms with Crippen LogP contribution in [-0.2, 0) is 0 Å². The molecule has 0 aromatic heterocycles. The van der Waals surface area contributed by atoms with Gasteiger partial charge in [0.05, 0.1) is 11.6 Å². The lowest BCUT2D eigenvalue weighted by Gasteiger charge is -2.18. The summed E-state index contributed by atoms with van der Waals surface area (Å²) in [6.45, 7) is 0.768. The summed E-state index contributed by atoms with van der Waals surface area (Å²) in [4.78, 5) is 10.9. The average Bonchev–Trinajstić information content (AvgIpc) is 2.27. The summed E-state index contributed by atoms with van der Waals surface area (Å²) in [5.41, 5.74) is -0.454. The fourth-order valence-corrected chi connectivity index (χ4v) is 1.13. The molecule has 0 aliphatic heterocycles. The zero-order valence-electron chi connectivity index (χ0n) is 9.15. The predicted molar refractivity (Wildman–Crippen MR) is 54.3 cm³/mol. The summed E-state index contributed by atoms with van der Waals surface area (Å²) in [6.07, 6.45) is -6.73. The van der Waals surface area contributed by atoms with Crippen LogP contribution in [0.1, 0.15) is 22.8 Å². The molecule has 0 bridgehead atoms. The van der Waals surface area contributed by atoms with Gasteiger partial charge in [0.15, 0.2) is 6.10 Å². The number of aromatic carboxylic acids is 1. The van der Waals surface area contributed by atoms with E-state index in [9.17, 15) is 18.0 Å². The zero-order valence-corrected chi connectivity index (χ0v) is 9.15. The fraction of sp³-hybridized carbons (Fsp3) is 0.273. The van der Waals surface area contributed by atoms with Gasteiger partial charge in [0.1, 0.15) is 11.3 Å². The van der Waals surface area contributed by atoms with Gasteiger partial charge in [-0.25, -0.2) is 4.79 Å². The Bertz CT molecular complexity index is 505. The standard InChI is InChI=1S/C11H8F3NO3/c1-6(11(12,13)14)18-9-3-2-7(5-15)4-8(9)10(16)17/h2-4,6H,1H3,(H,16,17)/t6-/m0/s1. The molecule has 1 aromatic carbocycles. The number of alkyl halides is 3. The summed E-state index contributed by atoms with van der Waals surface area (Å²) < 4.78 is 41.4. The largest absolute Gasteiger partial charge is 0.480 e. The maximum atomic E-state index is 12.3. The molecule has 0 aliphatic rings. The first-order valence-corrected chi connectivity index (χ1v) is 4.76. The smallest absolute Gasteiger partial charge is 0.425 e. The molecule has 0 unspecified atom stereocenters. The van der Waals surface area contributed by atoms with Crippen LogP contribution in [0.2, 0.25) is 0 Å². The Labute approximate surface area is 100 Å². The normalized spacial score (nSPS) is 12.6. The van der Waals surface area contributed by atoms with E-state index in [2.05, 4.69) is 4.74 Å². The van der Waals surface area contributed by atoms with Crippen LogP contribution in [0.4, 0.5) is 13.2 Å². The first kappa shape index (κ1) is 13.8. The topological polar surface area (TPSA) is 70.3 Å². The van der Waals surface area contributed by atoms with Crippen LogP contribution < -0.4 is 4.74 Å². The quantitative estimate of drug-likeness (QED) is 0.905. The monoisotopic (exact) mass is 259 g/mol. The highest BCUT2D eigenvalue weighted by atomic mass is 19.4. The number of halogens is 3. The van der Waals surface area contributed by atoms with Gasteiger partial charge in [-0.1, -0.05) is 0 Å². The molecule has 1 atom stereocenters. The van der Waals surface area contributed by atoms with Crippen molar-refractivity contribution in [3.63, 3.8) is 0 Å². The number of carbonyl (C=O) groups is 1. The molecule has 0 fully saturated rings. The number of nitriles is 1. The maximum absolute atomic E-state index is 12.3. The third-order valence-corrected chi connectivity index (χ3v) is 2.10. The Morgan fingerprint density at radius 2 is 2.11 bits per heavy atom. The van der Waals surface area contributed by atoms with E-state index in [0.717, 1.165) is 19.1 Å². The lowest BCUT2D eigenvalue weighted by molar-refractivity contribution is -0.189. The van der Waals surface area contributed by atoms with E-state index < -0.39 is 29.6 Å². The van der Waals surface area contributed by atoms with E-state index in [-0.39, 0.29) is 5.56 Å². The van der Waals surface area contributed by atoms with Crippen LogP contribution in [0.5, 0.6) is 5.75 Å². The van der Waals surface area contributed by atoms with Gasteiger partial charge in [0.2, 0.25) is 0 Å².